The number of sulfonamides is 1. The van der Waals surface area contributed by atoms with Crippen molar-refractivity contribution in [3.63, 3.8) is 0 Å². The fourth-order valence-electron chi connectivity index (χ4n) is 1.88. The average molecular weight is 339 g/mol. The molecular formula is C15H21N3O4S. The Balaban J connectivity index is 2.84. The van der Waals surface area contributed by atoms with Gasteiger partial charge in [-0.3, -0.25) is 13.9 Å². The van der Waals surface area contributed by atoms with E-state index in [1.165, 1.54) is 6.92 Å². The van der Waals surface area contributed by atoms with Gasteiger partial charge in [-0.1, -0.05) is 6.08 Å². The van der Waals surface area contributed by atoms with Gasteiger partial charge in [0, 0.05) is 32.1 Å². The molecule has 2 N–H and O–H groups in total. The summed E-state index contributed by atoms with van der Waals surface area (Å²) in [6.45, 7) is 5.25. The highest BCUT2D eigenvalue weighted by atomic mass is 32.2. The first kappa shape index (κ1) is 18.7. The first-order chi connectivity index (χ1) is 10.7. The van der Waals surface area contributed by atoms with E-state index in [1.54, 1.807) is 30.3 Å². The van der Waals surface area contributed by atoms with E-state index in [0.29, 0.717) is 17.9 Å². The minimum atomic E-state index is -3.52. The van der Waals surface area contributed by atoms with Gasteiger partial charge >= 0.3 is 0 Å². The van der Waals surface area contributed by atoms with Gasteiger partial charge in [-0.15, -0.1) is 6.58 Å². The molecule has 0 saturated heterocycles. The molecule has 0 aromatic heterocycles. The Bertz CT molecular complexity index is 668. The summed E-state index contributed by atoms with van der Waals surface area (Å²) in [6, 6.07) is 6.36. The predicted molar refractivity (Wildman–Crippen MR) is 90.8 cm³/mol. The maximum atomic E-state index is 11.9. The lowest BCUT2D eigenvalue weighted by Gasteiger charge is -2.22. The van der Waals surface area contributed by atoms with Crippen molar-refractivity contribution >= 4 is 33.2 Å². The van der Waals surface area contributed by atoms with E-state index >= 15 is 0 Å². The average Bonchev–Trinajstić information content (AvgIpc) is 2.45. The molecule has 0 unspecified atom stereocenters. The van der Waals surface area contributed by atoms with E-state index in [1.807, 2.05) is 0 Å². The van der Waals surface area contributed by atoms with Crippen LogP contribution in [-0.4, -0.2) is 39.6 Å². The van der Waals surface area contributed by atoms with Crippen LogP contribution in [0.1, 0.15) is 13.3 Å². The first-order valence-corrected chi connectivity index (χ1v) is 8.82. The SMILES string of the molecule is C=CCNC(=O)CCN(c1ccc(NC(C)=O)cc1)S(C)(=O)=O. The standard InChI is InChI=1S/C15H21N3O4S/c1-4-10-16-15(20)9-11-18(23(3,21)22)14-7-5-13(6-8-14)17-12(2)19/h4-8H,1,9-11H2,2-3H3,(H,16,20)(H,17,19). The fourth-order valence-corrected chi connectivity index (χ4v) is 2.81. The molecule has 126 valence electrons. The van der Waals surface area contributed by atoms with Crippen molar-refractivity contribution in [1.29, 1.82) is 0 Å². The highest BCUT2D eigenvalue weighted by molar-refractivity contribution is 7.92. The Labute approximate surface area is 136 Å². The van der Waals surface area contributed by atoms with Gasteiger partial charge in [0.25, 0.3) is 0 Å². The summed E-state index contributed by atoms with van der Waals surface area (Å²) < 4.78 is 25.0. The second-order valence-corrected chi connectivity index (χ2v) is 6.81. The fraction of sp³-hybridized carbons (Fsp3) is 0.333. The Kier molecular flexibility index (Phi) is 6.77. The number of amides is 2. The minimum absolute atomic E-state index is 0.0291. The van der Waals surface area contributed by atoms with Crippen molar-refractivity contribution < 1.29 is 18.0 Å². The zero-order chi connectivity index (χ0) is 17.5. The third-order valence-electron chi connectivity index (χ3n) is 2.86. The highest BCUT2D eigenvalue weighted by Gasteiger charge is 2.18. The number of hydrogen-bond acceptors (Lipinski definition) is 4. The summed E-state index contributed by atoms with van der Waals surface area (Å²) >= 11 is 0. The normalized spacial score (nSPS) is 10.7. The molecule has 0 aliphatic carbocycles. The second kappa shape index (κ2) is 8.33. The summed E-state index contributed by atoms with van der Waals surface area (Å²) in [5.41, 5.74) is 0.997. The van der Waals surface area contributed by atoms with Crippen LogP contribution in [0.25, 0.3) is 0 Å². The molecule has 2 amide bonds. The lowest BCUT2D eigenvalue weighted by molar-refractivity contribution is -0.120. The second-order valence-electron chi connectivity index (χ2n) is 4.91. The molecule has 8 heteroatoms. The molecule has 0 spiro atoms. The zero-order valence-electron chi connectivity index (χ0n) is 13.2. The number of carbonyl (C=O) groups is 2. The van der Waals surface area contributed by atoms with Crippen LogP contribution in [0.5, 0.6) is 0 Å². The zero-order valence-corrected chi connectivity index (χ0v) is 14.0. The monoisotopic (exact) mass is 339 g/mol. The Morgan fingerprint density at radius 2 is 1.87 bits per heavy atom. The number of benzene rings is 1. The van der Waals surface area contributed by atoms with Crippen LogP contribution >= 0.6 is 0 Å². The molecule has 0 saturated carbocycles. The third-order valence-corrected chi connectivity index (χ3v) is 4.06. The number of nitrogens with one attached hydrogen (secondary N) is 2. The Morgan fingerprint density at radius 1 is 1.26 bits per heavy atom. The first-order valence-electron chi connectivity index (χ1n) is 6.97. The lowest BCUT2D eigenvalue weighted by Crippen LogP contribution is -2.34. The third kappa shape index (κ3) is 6.52. The molecule has 0 aliphatic rings. The van der Waals surface area contributed by atoms with E-state index < -0.39 is 10.0 Å². The molecule has 23 heavy (non-hydrogen) atoms. The maximum absolute atomic E-state index is 11.9. The van der Waals surface area contributed by atoms with Crippen LogP contribution in [0.15, 0.2) is 36.9 Å². The van der Waals surface area contributed by atoms with E-state index in [-0.39, 0.29) is 24.8 Å². The van der Waals surface area contributed by atoms with Gasteiger partial charge in [-0.25, -0.2) is 8.42 Å². The van der Waals surface area contributed by atoms with Crippen LogP contribution in [0, 0.1) is 0 Å². The molecular weight excluding hydrogens is 318 g/mol. The summed E-state index contributed by atoms with van der Waals surface area (Å²) in [5.74, 6) is -0.468. The molecule has 0 aliphatic heterocycles. The van der Waals surface area contributed by atoms with Crippen molar-refractivity contribution in [2.45, 2.75) is 13.3 Å². The molecule has 1 rings (SSSR count). The van der Waals surface area contributed by atoms with E-state index in [4.69, 9.17) is 0 Å². The van der Waals surface area contributed by atoms with Crippen molar-refractivity contribution in [3.8, 4) is 0 Å². The Hall–Kier alpha value is -2.35. The molecule has 1 aromatic carbocycles. The molecule has 0 heterocycles. The Morgan fingerprint density at radius 3 is 2.35 bits per heavy atom. The minimum Gasteiger partial charge on any atom is -0.353 e. The predicted octanol–water partition coefficient (Wildman–Crippen LogP) is 1.10. The molecule has 7 nitrogen and oxygen atoms in total. The van der Waals surface area contributed by atoms with E-state index in [9.17, 15) is 18.0 Å². The summed E-state index contributed by atoms with van der Waals surface area (Å²) in [7, 11) is -3.52. The maximum Gasteiger partial charge on any atom is 0.232 e. The van der Waals surface area contributed by atoms with Crippen molar-refractivity contribution in [2.24, 2.45) is 0 Å². The number of anilines is 2. The van der Waals surface area contributed by atoms with Crippen LogP contribution in [0.3, 0.4) is 0 Å². The summed E-state index contributed by atoms with van der Waals surface area (Å²) in [5, 5.41) is 5.20. The molecule has 0 fully saturated rings. The van der Waals surface area contributed by atoms with Gasteiger partial charge in [0.05, 0.1) is 11.9 Å². The van der Waals surface area contributed by atoms with Crippen molar-refractivity contribution in [1.82, 2.24) is 5.32 Å². The lowest BCUT2D eigenvalue weighted by atomic mass is 10.2. The van der Waals surface area contributed by atoms with E-state index in [0.717, 1.165) is 10.6 Å². The molecule has 0 atom stereocenters. The van der Waals surface area contributed by atoms with Gasteiger partial charge in [0.1, 0.15) is 0 Å². The van der Waals surface area contributed by atoms with Crippen molar-refractivity contribution in [3.05, 3.63) is 36.9 Å². The molecule has 1 aromatic rings. The molecule has 0 bridgehead atoms. The quantitative estimate of drug-likeness (QED) is 0.693. The van der Waals surface area contributed by atoms with Gasteiger partial charge in [0.15, 0.2) is 0 Å². The highest BCUT2D eigenvalue weighted by Crippen LogP contribution is 2.20. The van der Waals surface area contributed by atoms with Gasteiger partial charge in [-0.2, -0.15) is 0 Å². The number of rotatable bonds is 8. The molecule has 0 radical (unpaired) electrons. The van der Waals surface area contributed by atoms with Crippen molar-refractivity contribution in [2.75, 3.05) is 29.0 Å². The smallest absolute Gasteiger partial charge is 0.232 e. The van der Waals surface area contributed by atoms with Crippen LogP contribution in [0.4, 0.5) is 11.4 Å². The van der Waals surface area contributed by atoms with Crippen LogP contribution in [0.2, 0.25) is 0 Å². The summed E-state index contributed by atoms with van der Waals surface area (Å²) in [4.78, 5) is 22.6. The topological polar surface area (TPSA) is 95.6 Å². The van der Waals surface area contributed by atoms with E-state index in [2.05, 4.69) is 17.2 Å². The number of hydrogen-bond donors (Lipinski definition) is 2. The van der Waals surface area contributed by atoms with Crippen LogP contribution < -0.4 is 14.9 Å². The van der Waals surface area contributed by atoms with Gasteiger partial charge in [-0.05, 0) is 24.3 Å². The largest absolute Gasteiger partial charge is 0.353 e. The van der Waals surface area contributed by atoms with Crippen LogP contribution in [-0.2, 0) is 19.6 Å². The summed E-state index contributed by atoms with van der Waals surface area (Å²) in [6.07, 6.45) is 2.66. The number of carbonyl (C=O) groups excluding carboxylic acids is 2. The van der Waals surface area contributed by atoms with Gasteiger partial charge < -0.3 is 10.6 Å². The van der Waals surface area contributed by atoms with Gasteiger partial charge in [0.2, 0.25) is 21.8 Å². The number of nitrogens with zero attached hydrogens (tertiary/aromatic N) is 1.